The second-order valence-corrected chi connectivity index (χ2v) is 7.20. The normalized spacial score (nSPS) is 13.3. The van der Waals surface area contributed by atoms with E-state index in [0.717, 1.165) is 0 Å². The number of aromatic nitrogens is 3. The molecule has 2 aromatic carbocycles. The van der Waals surface area contributed by atoms with Crippen molar-refractivity contribution in [1.82, 2.24) is 15.0 Å². The molecule has 1 aromatic heterocycles. The zero-order valence-corrected chi connectivity index (χ0v) is 18.7. The van der Waals surface area contributed by atoms with Gasteiger partial charge < -0.3 is 19.1 Å². The van der Waals surface area contributed by atoms with Gasteiger partial charge in [0.1, 0.15) is 22.5 Å². The zero-order chi connectivity index (χ0) is 23.5. The summed E-state index contributed by atoms with van der Waals surface area (Å²) in [4.78, 5) is 28.0. The van der Waals surface area contributed by atoms with Crippen LogP contribution < -0.4 is 9.64 Å². The van der Waals surface area contributed by atoms with E-state index in [0.29, 0.717) is 33.2 Å². The smallest absolute Gasteiger partial charge is 0.355 e. The number of nitrogens with zero attached hydrogens (tertiary/aromatic N) is 4. The number of fused-ring (bicyclic) bond motifs is 1. The van der Waals surface area contributed by atoms with Gasteiger partial charge in [-0.05, 0) is 48.6 Å². The highest BCUT2D eigenvalue weighted by Crippen LogP contribution is 2.30. The summed E-state index contributed by atoms with van der Waals surface area (Å²) in [5, 5.41) is 9.46. The van der Waals surface area contributed by atoms with Crippen molar-refractivity contribution >= 4 is 40.3 Å². The van der Waals surface area contributed by atoms with Crippen LogP contribution in [0.5, 0.6) is 5.75 Å². The van der Waals surface area contributed by atoms with Gasteiger partial charge in [0.05, 0.1) is 37.6 Å². The van der Waals surface area contributed by atoms with E-state index in [1.807, 2.05) is 0 Å². The van der Waals surface area contributed by atoms with Gasteiger partial charge >= 0.3 is 11.9 Å². The van der Waals surface area contributed by atoms with E-state index >= 15 is 0 Å². The number of hydrogen-bond acceptors (Lipinski definition) is 8. The molecule has 0 amide bonds. The van der Waals surface area contributed by atoms with Crippen LogP contribution in [0.25, 0.3) is 16.7 Å². The minimum atomic E-state index is -0.691. The Labute approximate surface area is 194 Å². The highest BCUT2D eigenvalue weighted by molar-refractivity contribution is 6.32. The lowest BCUT2D eigenvalue weighted by atomic mass is 10.1. The first-order chi connectivity index (χ1) is 16.0. The average Bonchev–Trinajstić information content (AvgIpc) is 3.14. The molecule has 4 rings (SSSR count). The number of esters is 2. The minimum absolute atomic E-state index is 0.0167. The summed E-state index contributed by atoms with van der Waals surface area (Å²) < 4.78 is 15.0. The molecule has 168 valence electrons. The van der Waals surface area contributed by atoms with E-state index in [1.54, 1.807) is 59.7 Å². The molecule has 10 heteroatoms. The number of allylic oxidation sites excluding steroid dienone is 2. The molecule has 1 aliphatic rings. The monoisotopic (exact) mass is 466 g/mol. The fourth-order valence-electron chi connectivity index (χ4n) is 3.31. The lowest BCUT2D eigenvalue weighted by Crippen LogP contribution is -2.26. The molecule has 0 saturated heterocycles. The van der Waals surface area contributed by atoms with Crippen LogP contribution in [0.3, 0.4) is 0 Å². The van der Waals surface area contributed by atoms with Crippen LogP contribution >= 0.6 is 11.6 Å². The van der Waals surface area contributed by atoms with E-state index < -0.39 is 11.9 Å². The third kappa shape index (κ3) is 4.18. The maximum atomic E-state index is 12.6. The molecule has 2 heterocycles. The van der Waals surface area contributed by atoms with Gasteiger partial charge in [0.25, 0.3) is 0 Å². The number of benzene rings is 2. The second kappa shape index (κ2) is 9.17. The molecule has 9 nitrogen and oxygen atoms in total. The molecular formula is C23H19ClN4O5. The number of methoxy groups -OCH3 is 3. The third-order valence-corrected chi connectivity index (χ3v) is 5.19. The van der Waals surface area contributed by atoms with E-state index in [9.17, 15) is 9.59 Å². The highest BCUT2D eigenvalue weighted by atomic mass is 35.5. The van der Waals surface area contributed by atoms with Crippen molar-refractivity contribution in [3.63, 3.8) is 0 Å². The highest BCUT2D eigenvalue weighted by Gasteiger charge is 2.27. The molecule has 0 atom stereocenters. The number of ether oxygens (including phenoxy) is 3. The molecule has 0 N–H and O–H groups in total. The first-order valence-corrected chi connectivity index (χ1v) is 10.1. The minimum Gasteiger partial charge on any atom is -0.495 e. The summed E-state index contributed by atoms with van der Waals surface area (Å²) in [7, 11) is 4.03. The number of hydrogen-bond donors (Lipinski definition) is 0. The molecule has 0 bridgehead atoms. The van der Waals surface area contributed by atoms with Crippen molar-refractivity contribution in [3.8, 4) is 11.4 Å². The standard InChI is InChI=1S/C23H19ClN4O5/c1-31-20-10-8-15(12-17(20)24)28-25-18-9-7-14(13-19(18)26-28)27-11-5-4-6-16(22(29)32-2)21(27)23(30)33-3/h4-13H,1-3H3. The van der Waals surface area contributed by atoms with Gasteiger partial charge in [-0.3, -0.25) is 0 Å². The van der Waals surface area contributed by atoms with E-state index in [-0.39, 0.29) is 11.3 Å². The zero-order valence-electron chi connectivity index (χ0n) is 18.0. The molecule has 33 heavy (non-hydrogen) atoms. The van der Waals surface area contributed by atoms with Crippen LogP contribution in [0.2, 0.25) is 5.02 Å². The summed E-state index contributed by atoms with van der Waals surface area (Å²) in [6, 6.07) is 10.5. The van der Waals surface area contributed by atoms with Gasteiger partial charge in [-0.25, -0.2) is 9.59 Å². The molecule has 0 radical (unpaired) electrons. The van der Waals surface area contributed by atoms with Crippen molar-refractivity contribution in [2.75, 3.05) is 26.2 Å². The molecule has 0 unspecified atom stereocenters. The fraction of sp³-hybridized carbons (Fsp3) is 0.130. The van der Waals surface area contributed by atoms with Crippen LogP contribution in [-0.4, -0.2) is 48.3 Å². The van der Waals surface area contributed by atoms with Gasteiger partial charge in [-0.2, -0.15) is 4.80 Å². The number of carbonyl (C=O) groups excluding carboxylic acids is 2. The third-order valence-electron chi connectivity index (χ3n) is 4.90. The van der Waals surface area contributed by atoms with Crippen LogP contribution in [0.15, 0.2) is 72.1 Å². The van der Waals surface area contributed by atoms with Gasteiger partial charge in [-0.15, -0.1) is 10.2 Å². The van der Waals surface area contributed by atoms with E-state index in [4.69, 9.17) is 25.8 Å². The summed E-state index contributed by atoms with van der Waals surface area (Å²) >= 11 is 6.23. The topological polar surface area (TPSA) is 95.8 Å². The quantitative estimate of drug-likeness (QED) is 0.526. The van der Waals surface area contributed by atoms with Crippen molar-refractivity contribution in [3.05, 3.63) is 77.1 Å². The van der Waals surface area contributed by atoms with Gasteiger partial charge in [0.15, 0.2) is 0 Å². The fourth-order valence-corrected chi connectivity index (χ4v) is 3.57. The lowest BCUT2D eigenvalue weighted by Gasteiger charge is -2.22. The van der Waals surface area contributed by atoms with Gasteiger partial charge in [0, 0.05) is 11.9 Å². The number of halogens is 1. The van der Waals surface area contributed by atoms with E-state index in [2.05, 4.69) is 10.2 Å². The summed E-state index contributed by atoms with van der Waals surface area (Å²) in [6.07, 6.45) is 6.47. The Morgan fingerprint density at radius 2 is 1.61 bits per heavy atom. The Hall–Kier alpha value is -4.11. The number of carbonyl (C=O) groups is 2. The van der Waals surface area contributed by atoms with Crippen molar-refractivity contribution in [1.29, 1.82) is 0 Å². The molecule has 0 fully saturated rings. The molecule has 3 aromatic rings. The average molecular weight is 467 g/mol. The lowest BCUT2D eigenvalue weighted by molar-refractivity contribution is -0.139. The molecule has 0 aliphatic carbocycles. The molecule has 0 spiro atoms. The largest absolute Gasteiger partial charge is 0.495 e. The summed E-state index contributed by atoms with van der Waals surface area (Å²) in [6.45, 7) is 0. The Kier molecular flexibility index (Phi) is 6.14. The first-order valence-electron chi connectivity index (χ1n) is 9.73. The summed E-state index contributed by atoms with van der Waals surface area (Å²) in [5.74, 6) is -0.809. The van der Waals surface area contributed by atoms with Crippen LogP contribution in [0, 0.1) is 0 Å². The first kappa shape index (κ1) is 22.1. The molecular weight excluding hydrogens is 448 g/mol. The molecule has 0 saturated carbocycles. The van der Waals surface area contributed by atoms with Crippen LogP contribution in [0.4, 0.5) is 5.69 Å². The number of rotatable bonds is 5. The van der Waals surface area contributed by atoms with Crippen LogP contribution in [0.1, 0.15) is 0 Å². The van der Waals surface area contributed by atoms with Gasteiger partial charge in [0.2, 0.25) is 0 Å². The van der Waals surface area contributed by atoms with Crippen LogP contribution in [-0.2, 0) is 19.1 Å². The Morgan fingerprint density at radius 1 is 0.879 bits per heavy atom. The van der Waals surface area contributed by atoms with Crippen molar-refractivity contribution in [2.45, 2.75) is 0 Å². The predicted molar refractivity (Wildman–Crippen MR) is 122 cm³/mol. The summed E-state index contributed by atoms with van der Waals surface area (Å²) in [5.41, 5.74) is 2.49. The Bertz CT molecular complexity index is 1340. The van der Waals surface area contributed by atoms with Crippen molar-refractivity contribution < 1.29 is 23.8 Å². The Balaban J connectivity index is 1.80. The predicted octanol–water partition coefficient (Wildman–Crippen LogP) is 3.57. The molecule has 1 aliphatic heterocycles. The Morgan fingerprint density at radius 3 is 2.30 bits per heavy atom. The second-order valence-electron chi connectivity index (χ2n) is 6.80. The van der Waals surface area contributed by atoms with Crippen molar-refractivity contribution in [2.24, 2.45) is 0 Å². The van der Waals surface area contributed by atoms with E-state index in [1.165, 1.54) is 32.2 Å². The number of anilines is 1. The maximum absolute atomic E-state index is 12.6. The maximum Gasteiger partial charge on any atom is 0.355 e. The van der Waals surface area contributed by atoms with Gasteiger partial charge in [-0.1, -0.05) is 17.7 Å². The SMILES string of the molecule is COC(=O)C1=C(C(=O)OC)N(c2ccc3nn(-c4ccc(OC)c(Cl)c4)nc3c2)C=CC=C1.